The average Bonchev–Trinajstić information content (AvgIpc) is 2.85. The van der Waals surface area contributed by atoms with Crippen molar-refractivity contribution in [2.75, 3.05) is 6.54 Å². The molecule has 0 aliphatic rings. The van der Waals surface area contributed by atoms with E-state index in [-0.39, 0.29) is 6.04 Å². The van der Waals surface area contributed by atoms with Gasteiger partial charge in [0.05, 0.1) is 6.04 Å². The van der Waals surface area contributed by atoms with Crippen molar-refractivity contribution < 1.29 is 4.42 Å². The van der Waals surface area contributed by atoms with Crippen molar-refractivity contribution in [3.63, 3.8) is 0 Å². The molecule has 2 heteroatoms. The molecule has 1 aromatic heterocycles. The van der Waals surface area contributed by atoms with Crippen LogP contribution in [0.5, 0.6) is 0 Å². The predicted molar refractivity (Wildman–Crippen MR) is 86.0 cm³/mol. The van der Waals surface area contributed by atoms with Crippen molar-refractivity contribution >= 4 is 11.0 Å². The second-order valence-corrected chi connectivity index (χ2v) is 5.50. The van der Waals surface area contributed by atoms with Crippen LogP contribution in [0.25, 0.3) is 11.0 Å². The molecule has 0 saturated carbocycles. The molecule has 0 saturated heterocycles. The summed E-state index contributed by atoms with van der Waals surface area (Å²) in [7, 11) is 0. The van der Waals surface area contributed by atoms with Gasteiger partial charge in [-0.15, -0.1) is 0 Å². The van der Waals surface area contributed by atoms with Crippen LogP contribution >= 0.6 is 0 Å². The fourth-order valence-electron chi connectivity index (χ4n) is 2.38. The molecular formula is C18H25NO. The highest BCUT2D eigenvalue weighted by molar-refractivity contribution is 5.78. The highest BCUT2D eigenvalue weighted by Gasteiger charge is 2.16. The van der Waals surface area contributed by atoms with E-state index in [0.29, 0.717) is 0 Å². The van der Waals surface area contributed by atoms with Crippen LogP contribution in [-0.2, 0) is 0 Å². The fraction of sp³-hybridized carbons (Fsp3) is 0.444. The first-order chi connectivity index (χ1) is 9.63. The summed E-state index contributed by atoms with van der Waals surface area (Å²) in [6, 6.07) is 8.72. The highest BCUT2D eigenvalue weighted by Crippen LogP contribution is 2.28. The Bertz CT molecular complexity index is 582. The highest BCUT2D eigenvalue weighted by atomic mass is 16.3. The summed E-state index contributed by atoms with van der Waals surface area (Å²) < 4.78 is 6.02. The lowest BCUT2D eigenvalue weighted by atomic mass is 10.0. The number of fused-ring (bicyclic) bond motifs is 1. The Morgan fingerprint density at radius 1 is 1.30 bits per heavy atom. The van der Waals surface area contributed by atoms with Gasteiger partial charge in [-0.05, 0) is 50.9 Å². The maximum absolute atomic E-state index is 6.02. The van der Waals surface area contributed by atoms with Crippen LogP contribution in [0.2, 0.25) is 0 Å². The largest absolute Gasteiger partial charge is 0.459 e. The molecule has 0 bridgehead atoms. The van der Waals surface area contributed by atoms with E-state index in [4.69, 9.17) is 4.42 Å². The standard InChI is InChI=1S/C18H25NO/c1-5-9-19-16(11-13(3)6-2)18-12-15-10-14(4)7-8-17(15)20-18/h7-8,10,12,16,19H,3,5-6,9,11H2,1-2,4H3. The lowest BCUT2D eigenvalue weighted by molar-refractivity contribution is 0.425. The third-order valence-electron chi connectivity index (χ3n) is 3.67. The van der Waals surface area contributed by atoms with Crippen molar-refractivity contribution in [1.82, 2.24) is 5.32 Å². The van der Waals surface area contributed by atoms with Gasteiger partial charge in [0.2, 0.25) is 0 Å². The van der Waals surface area contributed by atoms with Gasteiger partial charge in [-0.25, -0.2) is 0 Å². The normalized spacial score (nSPS) is 12.8. The summed E-state index contributed by atoms with van der Waals surface area (Å²) in [5.41, 5.74) is 3.49. The van der Waals surface area contributed by atoms with E-state index in [1.165, 1.54) is 16.5 Å². The second kappa shape index (κ2) is 6.76. The summed E-state index contributed by atoms with van der Waals surface area (Å²) in [5, 5.41) is 4.76. The number of aryl methyl sites for hydroxylation is 1. The molecule has 0 amide bonds. The van der Waals surface area contributed by atoms with Crippen LogP contribution in [0.4, 0.5) is 0 Å². The first kappa shape index (κ1) is 14.9. The molecule has 0 fully saturated rings. The molecule has 1 aromatic carbocycles. The molecule has 2 aromatic rings. The van der Waals surface area contributed by atoms with Crippen LogP contribution in [0.1, 0.15) is 50.5 Å². The van der Waals surface area contributed by atoms with Crippen molar-refractivity contribution in [2.24, 2.45) is 0 Å². The number of furan rings is 1. The number of hydrogen-bond acceptors (Lipinski definition) is 2. The van der Waals surface area contributed by atoms with Gasteiger partial charge in [-0.2, -0.15) is 0 Å². The zero-order valence-corrected chi connectivity index (χ0v) is 12.8. The molecule has 1 atom stereocenters. The van der Waals surface area contributed by atoms with Gasteiger partial charge in [0.15, 0.2) is 0 Å². The number of nitrogens with one attached hydrogen (secondary N) is 1. The SMILES string of the molecule is C=C(CC)CC(NCCC)c1cc2cc(C)ccc2o1. The van der Waals surface area contributed by atoms with Gasteiger partial charge in [0, 0.05) is 5.39 Å². The minimum atomic E-state index is 0.232. The van der Waals surface area contributed by atoms with Crippen molar-refractivity contribution in [3.8, 4) is 0 Å². The number of benzene rings is 1. The van der Waals surface area contributed by atoms with Gasteiger partial charge < -0.3 is 9.73 Å². The molecule has 2 rings (SSSR count). The van der Waals surface area contributed by atoms with Crippen LogP contribution in [0.3, 0.4) is 0 Å². The molecule has 2 nitrogen and oxygen atoms in total. The Morgan fingerprint density at radius 3 is 2.80 bits per heavy atom. The average molecular weight is 271 g/mol. The molecule has 20 heavy (non-hydrogen) atoms. The summed E-state index contributed by atoms with van der Waals surface area (Å²) in [6.45, 7) is 11.6. The van der Waals surface area contributed by atoms with Crippen LogP contribution in [0.15, 0.2) is 40.8 Å². The topological polar surface area (TPSA) is 25.2 Å². The van der Waals surface area contributed by atoms with E-state index in [0.717, 1.165) is 37.2 Å². The predicted octanol–water partition coefficient (Wildman–Crippen LogP) is 5.14. The summed E-state index contributed by atoms with van der Waals surface area (Å²) in [6.07, 6.45) is 3.08. The Kier molecular flexibility index (Phi) is 5.02. The van der Waals surface area contributed by atoms with Gasteiger partial charge >= 0.3 is 0 Å². The maximum atomic E-state index is 6.02. The molecule has 0 radical (unpaired) electrons. The first-order valence-corrected chi connectivity index (χ1v) is 7.54. The number of hydrogen-bond donors (Lipinski definition) is 1. The van der Waals surface area contributed by atoms with E-state index in [1.807, 2.05) is 0 Å². The van der Waals surface area contributed by atoms with Crippen molar-refractivity contribution in [2.45, 2.75) is 46.1 Å². The molecule has 1 unspecified atom stereocenters. The summed E-state index contributed by atoms with van der Waals surface area (Å²) in [4.78, 5) is 0. The Hall–Kier alpha value is -1.54. The second-order valence-electron chi connectivity index (χ2n) is 5.50. The molecule has 0 spiro atoms. The van der Waals surface area contributed by atoms with Crippen LogP contribution in [0, 0.1) is 6.92 Å². The minimum absolute atomic E-state index is 0.232. The van der Waals surface area contributed by atoms with E-state index < -0.39 is 0 Å². The van der Waals surface area contributed by atoms with Crippen molar-refractivity contribution in [1.29, 1.82) is 0 Å². The monoisotopic (exact) mass is 271 g/mol. The van der Waals surface area contributed by atoms with Crippen molar-refractivity contribution in [3.05, 3.63) is 47.7 Å². The molecular weight excluding hydrogens is 246 g/mol. The van der Waals surface area contributed by atoms with E-state index in [2.05, 4.69) is 56.9 Å². The third-order valence-corrected chi connectivity index (χ3v) is 3.67. The lowest BCUT2D eigenvalue weighted by Crippen LogP contribution is -2.22. The molecule has 0 aliphatic carbocycles. The third kappa shape index (κ3) is 3.51. The Morgan fingerprint density at radius 2 is 2.10 bits per heavy atom. The summed E-state index contributed by atoms with van der Waals surface area (Å²) >= 11 is 0. The number of rotatable bonds is 7. The maximum Gasteiger partial charge on any atom is 0.134 e. The van der Waals surface area contributed by atoms with Gasteiger partial charge in [0.1, 0.15) is 11.3 Å². The van der Waals surface area contributed by atoms with E-state index >= 15 is 0 Å². The van der Waals surface area contributed by atoms with Crippen LogP contribution < -0.4 is 5.32 Å². The summed E-state index contributed by atoms with van der Waals surface area (Å²) in [5.74, 6) is 1.02. The first-order valence-electron chi connectivity index (χ1n) is 7.54. The van der Waals surface area contributed by atoms with E-state index in [9.17, 15) is 0 Å². The zero-order chi connectivity index (χ0) is 14.5. The molecule has 1 heterocycles. The smallest absolute Gasteiger partial charge is 0.134 e. The molecule has 1 N–H and O–H groups in total. The Balaban J connectivity index is 2.26. The minimum Gasteiger partial charge on any atom is -0.459 e. The van der Waals surface area contributed by atoms with Gasteiger partial charge in [-0.1, -0.05) is 37.6 Å². The quantitative estimate of drug-likeness (QED) is 0.705. The molecule has 108 valence electrons. The van der Waals surface area contributed by atoms with Gasteiger partial charge in [-0.3, -0.25) is 0 Å². The van der Waals surface area contributed by atoms with E-state index in [1.54, 1.807) is 0 Å². The zero-order valence-electron chi connectivity index (χ0n) is 12.8. The lowest BCUT2D eigenvalue weighted by Gasteiger charge is -2.17. The fourth-order valence-corrected chi connectivity index (χ4v) is 2.38. The Labute approximate surface area is 121 Å². The van der Waals surface area contributed by atoms with Crippen LogP contribution in [-0.4, -0.2) is 6.54 Å². The molecule has 0 aliphatic heterocycles. The van der Waals surface area contributed by atoms with Gasteiger partial charge in [0.25, 0.3) is 0 Å².